The van der Waals surface area contributed by atoms with E-state index in [2.05, 4.69) is 5.32 Å². The number of halogens is 1. The lowest BCUT2D eigenvalue weighted by molar-refractivity contribution is -0.134. The Bertz CT molecular complexity index is 1000. The first-order valence-corrected chi connectivity index (χ1v) is 10.8. The van der Waals surface area contributed by atoms with Crippen molar-refractivity contribution in [1.82, 2.24) is 10.2 Å². The average molecular weight is 458 g/mol. The van der Waals surface area contributed by atoms with Gasteiger partial charge in [-0.05, 0) is 62.4 Å². The molecule has 7 nitrogen and oxygen atoms in total. The number of rotatable bonds is 4. The molecular weight excluding hydrogens is 430 g/mol. The average Bonchev–Trinajstić information content (AvgIpc) is 2.73. The van der Waals surface area contributed by atoms with Gasteiger partial charge in [0, 0.05) is 11.6 Å². The van der Waals surface area contributed by atoms with Crippen LogP contribution >= 0.6 is 11.6 Å². The Hall–Kier alpha value is -2.90. The quantitative estimate of drug-likeness (QED) is 0.732. The molecule has 8 heteroatoms. The normalized spacial score (nSPS) is 16.7. The van der Waals surface area contributed by atoms with Gasteiger partial charge in [-0.25, -0.2) is 4.79 Å². The van der Waals surface area contributed by atoms with E-state index in [-0.39, 0.29) is 6.42 Å². The number of amides is 3. The molecule has 1 aliphatic heterocycles. The van der Waals surface area contributed by atoms with Gasteiger partial charge in [-0.1, -0.05) is 48.0 Å². The maximum Gasteiger partial charge on any atom is 0.411 e. The molecule has 3 rings (SSSR count). The van der Waals surface area contributed by atoms with Crippen molar-refractivity contribution in [3.63, 3.8) is 0 Å². The van der Waals surface area contributed by atoms with Gasteiger partial charge < -0.3 is 10.5 Å². The van der Waals surface area contributed by atoms with Gasteiger partial charge in [0.15, 0.2) is 0 Å². The van der Waals surface area contributed by atoms with Crippen molar-refractivity contribution >= 4 is 29.5 Å². The van der Waals surface area contributed by atoms with Crippen LogP contribution in [-0.2, 0) is 27.2 Å². The van der Waals surface area contributed by atoms with Crippen molar-refractivity contribution in [2.24, 2.45) is 5.73 Å². The molecule has 3 amide bonds. The summed E-state index contributed by atoms with van der Waals surface area (Å²) in [4.78, 5) is 40.1. The third kappa shape index (κ3) is 5.87. The molecule has 0 aromatic heterocycles. The second kappa shape index (κ2) is 9.71. The number of hydrogen-bond donors (Lipinski definition) is 2. The Balaban J connectivity index is 1.78. The number of ether oxygens (including phenoxy) is 1. The van der Waals surface area contributed by atoms with E-state index >= 15 is 0 Å². The predicted molar refractivity (Wildman–Crippen MR) is 122 cm³/mol. The third-order valence-corrected chi connectivity index (χ3v) is 5.36. The molecule has 1 unspecified atom stereocenters. The minimum absolute atomic E-state index is 0.243. The van der Waals surface area contributed by atoms with Crippen LogP contribution in [0.1, 0.15) is 43.5 Å². The van der Waals surface area contributed by atoms with Gasteiger partial charge in [0.1, 0.15) is 11.6 Å². The summed E-state index contributed by atoms with van der Waals surface area (Å²) in [5.74, 6) is -1.23. The second-order valence-electron chi connectivity index (χ2n) is 8.82. The highest BCUT2D eigenvalue weighted by Gasteiger charge is 2.38. The molecule has 2 atom stereocenters. The van der Waals surface area contributed by atoms with Gasteiger partial charge in [0.05, 0.1) is 6.04 Å². The van der Waals surface area contributed by atoms with Crippen molar-refractivity contribution in [3.8, 4) is 0 Å². The van der Waals surface area contributed by atoms with Crippen LogP contribution in [0.5, 0.6) is 0 Å². The molecule has 0 fully saturated rings. The number of fused-ring (bicyclic) bond motifs is 1. The number of nitrogens with one attached hydrogen (secondary N) is 1. The zero-order valence-electron chi connectivity index (χ0n) is 18.4. The zero-order valence-corrected chi connectivity index (χ0v) is 19.2. The molecule has 32 heavy (non-hydrogen) atoms. The standard InChI is InChI=1S/C24H28ClN3O4/c1-24(2,3)32-23(31)28-13-12-16-6-4-5-7-18(16)20(28)22(30)27-21(29)19(26)14-15-8-10-17(25)11-9-15/h4-11,19-20H,12-14,26H2,1-3H3,(H,27,29,30)/t19-,20?/m1/s1. The smallest absolute Gasteiger partial charge is 0.411 e. The summed E-state index contributed by atoms with van der Waals surface area (Å²) in [6, 6.07) is 12.4. The predicted octanol–water partition coefficient (Wildman–Crippen LogP) is 3.39. The minimum Gasteiger partial charge on any atom is -0.444 e. The first-order valence-electron chi connectivity index (χ1n) is 10.5. The number of hydrogen-bond acceptors (Lipinski definition) is 5. The molecule has 0 saturated heterocycles. The van der Waals surface area contributed by atoms with Crippen LogP contribution in [-0.4, -0.2) is 41.0 Å². The summed E-state index contributed by atoms with van der Waals surface area (Å²) >= 11 is 5.89. The number of nitrogens with zero attached hydrogens (tertiary/aromatic N) is 1. The lowest BCUT2D eigenvalue weighted by Crippen LogP contribution is -2.52. The van der Waals surface area contributed by atoms with Gasteiger partial charge in [-0.15, -0.1) is 0 Å². The summed E-state index contributed by atoms with van der Waals surface area (Å²) in [6.45, 7) is 5.58. The lowest BCUT2D eigenvalue weighted by Gasteiger charge is -2.37. The van der Waals surface area contributed by atoms with Crippen LogP contribution in [0.3, 0.4) is 0 Å². The molecule has 0 radical (unpaired) electrons. The highest BCUT2D eigenvalue weighted by molar-refractivity contribution is 6.30. The van der Waals surface area contributed by atoms with Crippen LogP contribution in [0.15, 0.2) is 48.5 Å². The van der Waals surface area contributed by atoms with Gasteiger partial charge in [0.25, 0.3) is 5.91 Å². The van der Waals surface area contributed by atoms with E-state index in [1.165, 1.54) is 4.90 Å². The number of carbonyl (C=O) groups is 3. The van der Waals surface area contributed by atoms with E-state index in [1.54, 1.807) is 57.2 Å². The molecule has 0 saturated carbocycles. The Labute approximate surface area is 192 Å². The van der Waals surface area contributed by atoms with Crippen LogP contribution < -0.4 is 11.1 Å². The molecule has 2 aromatic carbocycles. The monoisotopic (exact) mass is 457 g/mol. The first kappa shape index (κ1) is 23.8. The van der Waals surface area contributed by atoms with E-state index < -0.39 is 35.6 Å². The van der Waals surface area contributed by atoms with Crippen molar-refractivity contribution in [3.05, 3.63) is 70.2 Å². The summed E-state index contributed by atoms with van der Waals surface area (Å²) < 4.78 is 5.50. The first-order chi connectivity index (χ1) is 15.0. The van der Waals surface area contributed by atoms with Crippen LogP contribution in [0.4, 0.5) is 4.79 Å². The molecular formula is C24H28ClN3O4. The Morgan fingerprint density at radius 3 is 2.47 bits per heavy atom. The number of nitrogens with two attached hydrogens (primary N) is 1. The Morgan fingerprint density at radius 1 is 1.16 bits per heavy atom. The molecule has 1 heterocycles. The van der Waals surface area contributed by atoms with Crippen LogP contribution in [0.25, 0.3) is 0 Å². The largest absolute Gasteiger partial charge is 0.444 e. The fraction of sp³-hybridized carbons (Fsp3) is 0.375. The topological polar surface area (TPSA) is 102 Å². The van der Waals surface area contributed by atoms with E-state index in [9.17, 15) is 14.4 Å². The van der Waals surface area contributed by atoms with Gasteiger partial charge in [-0.3, -0.25) is 19.8 Å². The minimum atomic E-state index is -0.985. The van der Waals surface area contributed by atoms with E-state index in [1.807, 2.05) is 12.1 Å². The molecule has 0 bridgehead atoms. The van der Waals surface area contributed by atoms with E-state index in [4.69, 9.17) is 22.1 Å². The number of carbonyl (C=O) groups excluding carboxylic acids is 3. The molecule has 0 spiro atoms. The fourth-order valence-corrected chi connectivity index (χ4v) is 3.74. The van der Waals surface area contributed by atoms with Crippen molar-refractivity contribution in [2.45, 2.75) is 51.3 Å². The Kier molecular flexibility index (Phi) is 7.21. The van der Waals surface area contributed by atoms with Crippen molar-refractivity contribution in [2.75, 3.05) is 6.54 Å². The second-order valence-corrected chi connectivity index (χ2v) is 9.25. The number of imide groups is 1. The molecule has 0 aliphatic carbocycles. The van der Waals surface area contributed by atoms with Gasteiger partial charge in [0.2, 0.25) is 5.91 Å². The highest BCUT2D eigenvalue weighted by atomic mass is 35.5. The summed E-state index contributed by atoms with van der Waals surface area (Å²) in [7, 11) is 0. The van der Waals surface area contributed by atoms with Crippen LogP contribution in [0.2, 0.25) is 5.02 Å². The SMILES string of the molecule is CC(C)(C)OC(=O)N1CCc2ccccc2C1C(=O)NC(=O)[C@H](N)Cc1ccc(Cl)cc1. The molecule has 3 N–H and O–H groups in total. The number of benzene rings is 2. The van der Waals surface area contributed by atoms with E-state index in [0.29, 0.717) is 23.6 Å². The summed E-state index contributed by atoms with van der Waals surface area (Å²) in [5, 5.41) is 2.97. The van der Waals surface area contributed by atoms with Crippen molar-refractivity contribution in [1.29, 1.82) is 0 Å². The van der Waals surface area contributed by atoms with E-state index in [0.717, 1.165) is 11.1 Å². The molecule has 1 aliphatic rings. The summed E-state index contributed by atoms with van der Waals surface area (Å²) in [5.41, 5.74) is 7.76. The molecule has 170 valence electrons. The highest BCUT2D eigenvalue weighted by Crippen LogP contribution is 2.31. The summed E-state index contributed by atoms with van der Waals surface area (Å²) in [6.07, 6.45) is 0.223. The lowest BCUT2D eigenvalue weighted by atomic mass is 9.92. The fourth-order valence-electron chi connectivity index (χ4n) is 3.62. The molecule has 2 aromatic rings. The maximum absolute atomic E-state index is 13.2. The van der Waals surface area contributed by atoms with Gasteiger partial charge >= 0.3 is 6.09 Å². The van der Waals surface area contributed by atoms with Crippen LogP contribution in [0, 0.1) is 0 Å². The Morgan fingerprint density at radius 2 is 1.81 bits per heavy atom. The third-order valence-electron chi connectivity index (χ3n) is 5.11. The van der Waals surface area contributed by atoms with Gasteiger partial charge in [-0.2, -0.15) is 0 Å². The maximum atomic E-state index is 13.2. The zero-order chi connectivity index (χ0) is 23.5. The van der Waals surface area contributed by atoms with Crippen molar-refractivity contribution < 1.29 is 19.1 Å².